The Morgan fingerprint density at radius 2 is 2.14 bits per heavy atom. The van der Waals surface area contributed by atoms with E-state index in [9.17, 15) is 4.79 Å². The Balaban J connectivity index is 1.33. The highest BCUT2D eigenvalue weighted by atomic mass is 16.5. The van der Waals surface area contributed by atoms with Gasteiger partial charge < -0.3 is 25.3 Å². The predicted octanol–water partition coefficient (Wildman–Crippen LogP) is 2.16. The van der Waals surface area contributed by atoms with Crippen molar-refractivity contribution in [3.63, 3.8) is 0 Å². The third kappa shape index (κ3) is 4.00. The van der Waals surface area contributed by atoms with E-state index in [2.05, 4.69) is 30.5 Å². The largest absolute Gasteiger partial charge is 0.497 e. The van der Waals surface area contributed by atoms with Gasteiger partial charge in [-0.15, -0.1) is 0 Å². The number of nitrogens with one attached hydrogen (secondary N) is 3. The quantitative estimate of drug-likeness (QED) is 0.607. The minimum Gasteiger partial charge on any atom is -0.497 e. The highest BCUT2D eigenvalue weighted by Gasteiger charge is 2.23. The van der Waals surface area contributed by atoms with Crippen LogP contribution in [0.5, 0.6) is 5.75 Å². The number of hydrogen-bond acceptors (Lipinski definition) is 6. The van der Waals surface area contributed by atoms with Crippen molar-refractivity contribution in [2.24, 2.45) is 0 Å². The van der Waals surface area contributed by atoms with E-state index < -0.39 is 0 Å². The summed E-state index contributed by atoms with van der Waals surface area (Å²) in [7, 11) is 1.63. The molecule has 0 radical (unpaired) electrons. The standard InChI is InChI=1S/C20H24N6O2/c1-28-16-6-4-14(5-7-16)22-11-18(27)25-15-3-2-10-26(12-15)20-17-8-9-21-19(17)23-13-24-20/h4-9,13,15,22H,2-3,10-12H2,1H3,(H,25,27)(H,21,23,24). The Bertz CT molecular complexity index is 939. The topological polar surface area (TPSA) is 95.2 Å². The number of rotatable bonds is 6. The van der Waals surface area contributed by atoms with Crippen LogP contribution in [-0.4, -0.2) is 53.6 Å². The second-order valence-corrected chi connectivity index (χ2v) is 6.87. The molecular weight excluding hydrogens is 356 g/mol. The lowest BCUT2D eigenvalue weighted by Gasteiger charge is -2.34. The van der Waals surface area contributed by atoms with Gasteiger partial charge in [0.1, 0.15) is 23.5 Å². The molecule has 8 heteroatoms. The zero-order valence-electron chi connectivity index (χ0n) is 15.8. The van der Waals surface area contributed by atoms with Crippen LogP contribution in [0, 0.1) is 0 Å². The van der Waals surface area contributed by atoms with Gasteiger partial charge in [0.15, 0.2) is 0 Å². The van der Waals surface area contributed by atoms with Gasteiger partial charge >= 0.3 is 0 Å². The lowest BCUT2D eigenvalue weighted by atomic mass is 10.1. The van der Waals surface area contributed by atoms with Crippen molar-refractivity contribution in [3.8, 4) is 5.75 Å². The first-order chi connectivity index (χ1) is 13.7. The summed E-state index contributed by atoms with van der Waals surface area (Å²) >= 11 is 0. The van der Waals surface area contributed by atoms with Crippen LogP contribution in [0.1, 0.15) is 12.8 Å². The van der Waals surface area contributed by atoms with Gasteiger partial charge in [-0.05, 0) is 43.2 Å². The molecule has 0 spiro atoms. The highest BCUT2D eigenvalue weighted by Crippen LogP contribution is 2.25. The molecular formula is C20H24N6O2. The van der Waals surface area contributed by atoms with E-state index >= 15 is 0 Å². The summed E-state index contributed by atoms with van der Waals surface area (Å²) in [5, 5.41) is 7.29. The maximum absolute atomic E-state index is 12.4. The SMILES string of the molecule is COc1ccc(NCC(=O)NC2CCCN(c3ncnc4[nH]ccc34)C2)cc1. The molecule has 2 aromatic heterocycles. The fourth-order valence-corrected chi connectivity index (χ4v) is 3.57. The first kappa shape index (κ1) is 18.1. The average molecular weight is 380 g/mol. The van der Waals surface area contributed by atoms with Gasteiger partial charge in [0.05, 0.1) is 19.0 Å². The first-order valence-corrected chi connectivity index (χ1v) is 9.43. The lowest BCUT2D eigenvalue weighted by Crippen LogP contribution is -2.49. The number of benzene rings is 1. The van der Waals surface area contributed by atoms with Crippen molar-refractivity contribution in [1.29, 1.82) is 0 Å². The number of anilines is 2. The van der Waals surface area contributed by atoms with E-state index in [0.29, 0.717) is 0 Å². The maximum atomic E-state index is 12.4. The molecule has 1 fully saturated rings. The van der Waals surface area contributed by atoms with Crippen LogP contribution in [0.25, 0.3) is 11.0 Å². The van der Waals surface area contributed by atoms with Crippen LogP contribution in [-0.2, 0) is 4.79 Å². The average Bonchev–Trinajstić information content (AvgIpc) is 3.22. The van der Waals surface area contributed by atoms with Crippen molar-refractivity contribution in [3.05, 3.63) is 42.9 Å². The molecule has 1 amide bonds. The van der Waals surface area contributed by atoms with Gasteiger partial charge in [0.25, 0.3) is 0 Å². The molecule has 0 saturated carbocycles. The molecule has 0 aliphatic carbocycles. The number of ether oxygens (including phenoxy) is 1. The normalized spacial score (nSPS) is 16.8. The van der Waals surface area contributed by atoms with Crippen molar-refractivity contribution in [2.75, 3.05) is 37.0 Å². The number of amides is 1. The third-order valence-corrected chi connectivity index (χ3v) is 4.96. The molecule has 3 aromatic rings. The molecule has 1 unspecified atom stereocenters. The van der Waals surface area contributed by atoms with E-state index in [1.165, 1.54) is 0 Å². The fourth-order valence-electron chi connectivity index (χ4n) is 3.57. The monoisotopic (exact) mass is 380 g/mol. The van der Waals surface area contributed by atoms with Gasteiger partial charge in [-0.3, -0.25) is 4.79 Å². The summed E-state index contributed by atoms with van der Waals surface area (Å²) in [5.74, 6) is 1.69. The minimum absolute atomic E-state index is 0.0165. The third-order valence-electron chi connectivity index (χ3n) is 4.96. The number of carbonyl (C=O) groups excluding carboxylic acids is 1. The van der Waals surface area contributed by atoms with Crippen LogP contribution in [0.15, 0.2) is 42.9 Å². The number of aromatic nitrogens is 3. The van der Waals surface area contributed by atoms with Gasteiger partial charge in [0, 0.05) is 31.0 Å². The zero-order valence-corrected chi connectivity index (χ0v) is 15.8. The number of H-pyrrole nitrogens is 1. The molecule has 146 valence electrons. The van der Waals surface area contributed by atoms with E-state index in [1.54, 1.807) is 13.4 Å². The molecule has 1 atom stereocenters. The molecule has 4 rings (SSSR count). The Hall–Kier alpha value is -3.29. The first-order valence-electron chi connectivity index (χ1n) is 9.43. The summed E-state index contributed by atoms with van der Waals surface area (Å²) in [4.78, 5) is 26.4. The van der Waals surface area contributed by atoms with Crippen LogP contribution < -0.4 is 20.3 Å². The number of hydrogen-bond donors (Lipinski definition) is 3. The summed E-state index contributed by atoms with van der Waals surface area (Å²) in [5.41, 5.74) is 1.72. The maximum Gasteiger partial charge on any atom is 0.239 e. The predicted molar refractivity (Wildman–Crippen MR) is 109 cm³/mol. The zero-order chi connectivity index (χ0) is 19.3. The summed E-state index contributed by atoms with van der Waals surface area (Å²) in [6.07, 6.45) is 5.42. The second kappa shape index (κ2) is 8.16. The molecule has 1 aromatic carbocycles. The van der Waals surface area contributed by atoms with E-state index in [-0.39, 0.29) is 18.5 Å². The van der Waals surface area contributed by atoms with Crippen LogP contribution in [0.3, 0.4) is 0 Å². The Kier molecular flexibility index (Phi) is 5.27. The van der Waals surface area contributed by atoms with Crippen LogP contribution in [0.2, 0.25) is 0 Å². The molecule has 28 heavy (non-hydrogen) atoms. The lowest BCUT2D eigenvalue weighted by molar-refractivity contribution is -0.120. The van der Waals surface area contributed by atoms with Crippen LogP contribution in [0.4, 0.5) is 11.5 Å². The van der Waals surface area contributed by atoms with Crippen molar-refractivity contribution in [2.45, 2.75) is 18.9 Å². The molecule has 1 aliphatic rings. The fraction of sp³-hybridized carbons (Fsp3) is 0.350. The summed E-state index contributed by atoms with van der Waals surface area (Å²) < 4.78 is 5.14. The van der Waals surface area contributed by atoms with E-state index in [4.69, 9.17) is 4.74 Å². The van der Waals surface area contributed by atoms with Gasteiger partial charge in [-0.2, -0.15) is 0 Å². The summed E-state index contributed by atoms with van der Waals surface area (Å²) in [6.45, 7) is 1.90. The molecule has 3 N–H and O–H groups in total. The molecule has 1 aliphatic heterocycles. The minimum atomic E-state index is -0.0165. The highest BCUT2D eigenvalue weighted by molar-refractivity contribution is 5.87. The number of methoxy groups -OCH3 is 1. The molecule has 0 bridgehead atoms. The number of fused-ring (bicyclic) bond motifs is 1. The van der Waals surface area contributed by atoms with E-state index in [1.807, 2.05) is 36.5 Å². The van der Waals surface area contributed by atoms with Crippen molar-refractivity contribution in [1.82, 2.24) is 20.3 Å². The number of nitrogens with zero attached hydrogens (tertiary/aromatic N) is 3. The van der Waals surface area contributed by atoms with Crippen molar-refractivity contribution >= 4 is 28.4 Å². The van der Waals surface area contributed by atoms with Gasteiger partial charge in [0.2, 0.25) is 5.91 Å². The molecule has 1 saturated heterocycles. The summed E-state index contributed by atoms with van der Waals surface area (Å²) in [6, 6.07) is 9.61. The Morgan fingerprint density at radius 3 is 2.96 bits per heavy atom. The second-order valence-electron chi connectivity index (χ2n) is 6.87. The number of aromatic amines is 1. The van der Waals surface area contributed by atoms with Crippen molar-refractivity contribution < 1.29 is 9.53 Å². The number of carbonyl (C=O) groups is 1. The van der Waals surface area contributed by atoms with Gasteiger partial charge in [-0.1, -0.05) is 0 Å². The number of piperidine rings is 1. The van der Waals surface area contributed by atoms with Crippen LogP contribution >= 0.6 is 0 Å². The Morgan fingerprint density at radius 1 is 1.29 bits per heavy atom. The Labute approximate surface area is 163 Å². The smallest absolute Gasteiger partial charge is 0.239 e. The molecule has 3 heterocycles. The molecule has 8 nitrogen and oxygen atoms in total. The van der Waals surface area contributed by atoms with E-state index in [0.717, 1.165) is 54.2 Å². The van der Waals surface area contributed by atoms with Gasteiger partial charge in [-0.25, -0.2) is 9.97 Å².